The Morgan fingerprint density at radius 1 is 0.797 bits per heavy atom. The molecule has 0 aromatic rings. The predicted octanol–water partition coefficient (Wildman–Crippen LogP) is 9.30. The second kappa shape index (κ2) is 27.8. The van der Waals surface area contributed by atoms with Crippen LogP contribution in [0.3, 0.4) is 0 Å². The van der Waals surface area contributed by atoms with Crippen molar-refractivity contribution < 1.29 is 56.4 Å². The number of amides is 3. The number of nitrogens with one attached hydrogen (secondary N) is 1. The van der Waals surface area contributed by atoms with E-state index in [1.54, 1.807) is 13.8 Å². The molecule has 3 amide bonds. The third-order valence-electron chi connectivity index (χ3n) is 11.1. The van der Waals surface area contributed by atoms with Crippen LogP contribution in [-0.4, -0.2) is 97.5 Å². The zero-order valence-corrected chi connectivity index (χ0v) is 39.4. The van der Waals surface area contributed by atoms with E-state index < -0.39 is 85.0 Å². The van der Waals surface area contributed by atoms with Gasteiger partial charge in [0.1, 0.15) is 24.9 Å². The molecule has 12 atom stereocenters. The van der Waals surface area contributed by atoms with Crippen LogP contribution < -0.4 is 16.8 Å². The van der Waals surface area contributed by atoms with Crippen molar-refractivity contribution in [3.8, 4) is 0 Å². The first-order chi connectivity index (χ1) is 27.8. The van der Waals surface area contributed by atoms with Gasteiger partial charge in [0, 0.05) is 19.2 Å². The van der Waals surface area contributed by atoms with E-state index in [1.807, 2.05) is 20.8 Å². The Morgan fingerprint density at radius 3 is 1.86 bits per heavy atom. The van der Waals surface area contributed by atoms with Gasteiger partial charge in [-0.3, -0.25) is 13.9 Å². The normalized spacial score (nSPS) is 29.0. The minimum atomic E-state index is -4.00. The van der Waals surface area contributed by atoms with Crippen LogP contribution in [0.4, 0.5) is 9.59 Å². The van der Waals surface area contributed by atoms with Crippen molar-refractivity contribution in [3.63, 3.8) is 0 Å². The van der Waals surface area contributed by atoms with E-state index in [4.69, 9.17) is 83.7 Å². The maximum absolute atomic E-state index is 13.9. The molecule has 0 aromatic carbocycles. The molecule has 15 nitrogen and oxygen atoms in total. The number of carbonyl (C=O) groups is 3. The zero-order chi connectivity index (χ0) is 44.2. The second-order valence-electron chi connectivity index (χ2n) is 16.2. The number of alkyl carbamates (subject to hydrolysis) is 1. The summed E-state index contributed by atoms with van der Waals surface area (Å²) in [5.74, 6) is -2.18. The van der Waals surface area contributed by atoms with Gasteiger partial charge in [0.2, 0.25) is 9.70 Å². The van der Waals surface area contributed by atoms with Gasteiger partial charge in [-0.05, 0) is 31.6 Å². The van der Waals surface area contributed by atoms with Gasteiger partial charge in [-0.1, -0.05) is 153 Å². The molecule has 2 aliphatic rings. The van der Waals surface area contributed by atoms with Gasteiger partial charge in [0.05, 0.1) is 24.9 Å². The summed E-state index contributed by atoms with van der Waals surface area (Å²) in [7, 11) is -4.00. The van der Waals surface area contributed by atoms with Gasteiger partial charge in [0.15, 0.2) is 12.6 Å². The summed E-state index contributed by atoms with van der Waals surface area (Å²) in [6, 6.07) is -0.878. The molecule has 2 aliphatic heterocycles. The SMILES string of the molecule is CCCCCCCCCCCCCCCCO[C@@H](C)COP(C)(=O)O[C@H]1OC(C(N)=O)[C@@H](C)[C@H](OC(N)=O)C1O[C@@H]1OC(CC)[C@@H](C)[C@H](C)C1NC(=O)OCC(Cl)(Cl)Cl. The fourth-order valence-corrected chi connectivity index (χ4v) is 8.73. The quantitative estimate of drug-likeness (QED) is 0.0381. The van der Waals surface area contributed by atoms with E-state index in [0.717, 1.165) is 19.3 Å². The van der Waals surface area contributed by atoms with Gasteiger partial charge < -0.3 is 49.7 Å². The number of rotatable bonds is 28. The Bertz CT molecular complexity index is 1290. The largest absolute Gasteiger partial charge is 0.445 e. The number of unbranched alkanes of at least 4 members (excludes halogenated alkanes) is 13. The smallest absolute Gasteiger partial charge is 0.407 e. The van der Waals surface area contributed by atoms with Gasteiger partial charge >= 0.3 is 19.8 Å². The number of halogens is 3. The third kappa shape index (κ3) is 20.7. The van der Waals surface area contributed by atoms with Crippen LogP contribution in [0, 0.1) is 17.8 Å². The Labute approximate surface area is 367 Å². The van der Waals surface area contributed by atoms with Crippen molar-refractivity contribution in [2.45, 2.75) is 191 Å². The highest BCUT2D eigenvalue weighted by Crippen LogP contribution is 2.49. The Hall–Kier alpha value is -1.13. The van der Waals surface area contributed by atoms with Gasteiger partial charge in [-0.25, -0.2) is 9.59 Å². The van der Waals surface area contributed by atoms with Crippen molar-refractivity contribution in [3.05, 3.63) is 0 Å². The molecule has 0 aromatic heterocycles. The summed E-state index contributed by atoms with van der Waals surface area (Å²) < 4.78 is 59.0. The molecular formula is C40H73Cl3N3O12P. The van der Waals surface area contributed by atoms with E-state index in [2.05, 4.69) is 12.2 Å². The lowest BCUT2D eigenvalue weighted by Gasteiger charge is -2.49. The summed E-state index contributed by atoms with van der Waals surface area (Å²) in [4.78, 5) is 37.7. The molecule has 2 heterocycles. The Morgan fingerprint density at radius 2 is 1.36 bits per heavy atom. The minimum Gasteiger partial charge on any atom is -0.445 e. The second-order valence-corrected chi connectivity index (χ2v) is 20.7. The van der Waals surface area contributed by atoms with Crippen molar-refractivity contribution in [2.24, 2.45) is 29.2 Å². The van der Waals surface area contributed by atoms with Gasteiger partial charge in [-0.15, -0.1) is 0 Å². The lowest BCUT2D eigenvalue weighted by Crippen LogP contribution is -2.64. The van der Waals surface area contributed by atoms with Gasteiger partial charge in [-0.2, -0.15) is 0 Å². The highest BCUT2D eigenvalue weighted by Gasteiger charge is 2.54. The highest BCUT2D eigenvalue weighted by molar-refractivity contribution is 7.53. The molecule has 5 unspecified atom stereocenters. The average molecular weight is 925 g/mol. The molecule has 19 heteroatoms. The van der Waals surface area contributed by atoms with Crippen LogP contribution in [0.15, 0.2) is 0 Å². The van der Waals surface area contributed by atoms with Crippen LogP contribution >= 0.6 is 42.4 Å². The molecule has 59 heavy (non-hydrogen) atoms. The molecule has 0 spiro atoms. The molecule has 0 saturated carbocycles. The van der Waals surface area contributed by atoms with Crippen LogP contribution in [0.2, 0.25) is 0 Å². The first-order valence-electron chi connectivity index (χ1n) is 21.5. The monoisotopic (exact) mass is 923 g/mol. The molecule has 0 aliphatic carbocycles. The Balaban J connectivity index is 2.05. The van der Waals surface area contributed by atoms with Crippen molar-refractivity contribution in [1.82, 2.24) is 5.32 Å². The lowest BCUT2D eigenvalue weighted by atomic mass is 9.81. The number of alkyl halides is 3. The average Bonchev–Trinajstić information content (AvgIpc) is 3.16. The maximum atomic E-state index is 13.9. The number of hydrogen-bond acceptors (Lipinski definition) is 12. The number of primary amides is 2. The van der Waals surface area contributed by atoms with Crippen molar-refractivity contribution in [2.75, 3.05) is 26.5 Å². The van der Waals surface area contributed by atoms with E-state index >= 15 is 0 Å². The summed E-state index contributed by atoms with van der Waals surface area (Å²) in [5.41, 5.74) is 11.1. The summed E-state index contributed by atoms with van der Waals surface area (Å²) in [6.45, 7) is 12.5. The van der Waals surface area contributed by atoms with E-state index in [9.17, 15) is 18.9 Å². The molecule has 0 radical (unpaired) electrons. The fraction of sp³-hybridized carbons (Fsp3) is 0.925. The highest BCUT2D eigenvalue weighted by atomic mass is 35.6. The van der Waals surface area contributed by atoms with Crippen LogP contribution in [0.5, 0.6) is 0 Å². The molecule has 0 bridgehead atoms. The topological polar surface area (TPSA) is 206 Å². The van der Waals surface area contributed by atoms with Crippen LogP contribution in [-0.2, 0) is 46.8 Å². The summed E-state index contributed by atoms with van der Waals surface area (Å²) in [6.07, 6.45) is 8.28. The van der Waals surface area contributed by atoms with E-state index in [0.29, 0.717) is 13.0 Å². The molecule has 2 fully saturated rings. The molecule has 346 valence electrons. The fourth-order valence-electron chi connectivity index (χ4n) is 7.48. The standard InChI is InChI=1S/C40H73Cl3N3O12P/c1-8-10-11-12-13-14-15-16-17-18-19-20-21-22-23-51-26(3)24-53-59(7,50)58-37-34(32(57-38(45)48)29(6)33(55-37)35(44)47)56-36-31(28(5)27(4)30(9-2)54-36)46-39(49)52-25-40(41,42)43/h26-34,36-37H,8-25H2,1-7H3,(H2,44,47)(H2,45,48)(H,46,49)/t26-,27-,28-,29-,30?,31?,32-,33?,34?,36-,37+,59?/m0/s1. The summed E-state index contributed by atoms with van der Waals surface area (Å²) in [5, 5.41) is 2.72. The summed E-state index contributed by atoms with van der Waals surface area (Å²) >= 11 is 17.3. The van der Waals surface area contributed by atoms with Gasteiger partial charge in [0.25, 0.3) is 0 Å². The Kier molecular flexibility index (Phi) is 25.5. The lowest BCUT2D eigenvalue weighted by molar-refractivity contribution is -0.322. The van der Waals surface area contributed by atoms with E-state index in [1.165, 1.54) is 77.3 Å². The molecule has 5 N–H and O–H groups in total. The number of hydrogen-bond donors (Lipinski definition) is 3. The number of carbonyl (C=O) groups excluding carboxylic acids is 3. The van der Waals surface area contributed by atoms with Crippen LogP contribution in [0.1, 0.15) is 138 Å². The maximum Gasteiger partial charge on any atom is 0.407 e. The molecule has 2 saturated heterocycles. The molecular weight excluding hydrogens is 852 g/mol. The van der Waals surface area contributed by atoms with E-state index in [-0.39, 0.29) is 24.5 Å². The van der Waals surface area contributed by atoms with Crippen molar-refractivity contribution in [1.29, 1.82) is 0 Å². The number of ether oxygens (including phenoxy) is 6. The molecule has 2 rings (SSSR count). The zero-order valence-electron chi connectivity index (χ0n) is 36.2. The third-order valence-corrected chi connectivity index (χ3v) is 12.6. The predicted molar refractivity (Wildman–Crippen MR) is 228 cm³/mol. The van der Waals surface area contributed by atoms with Crippen molar-refractivity contribution >= 4 is 60.5 Å². The first kappa shape index (κ1) is 54.0. The van der Waals surface area contributed by atoms with Crippen LogP contribution in [0.25, 0.3) is 0 Å². The first-order valence-corrected chi connectivity index (χ1v) is 24.7. The minimum absolute atomic E-state index is 0.0772. The number of nitrogens with two attached hydrogens (primary N) is 2.